The minimum absolute atomic E-state index is 0.00104. The zero-order valence-electron chi connectivity index (χ0n) is 22.6. The first-order chi connectivity index (χ1) is 18.1. The maximum absolute atomic E-state index is 13.9. The smallest absolute Gasteiger partial charge is 0.465 e. The highest BCUT2D eigenvalue weighted by molar-refractivity contribution is 5.94. The lowest BCUT2D eigenvalue weighted by Crippen LogP contribution is -2.60. The molecule has 1 aliphatic carbocycles. The lowest BCUT2D eigenvalue weighted by Gasteiger charge is -2.45. The van der Waals surface area contributed by atoms with E-state index >= 15 is 0 Å². The summed E-state index contributed by atoms with van der Waals surface area (Å²) in [7, 11) is 0. The lowest BCUT2D eigenvalue weighted by atomic mass is 9.74. The molecule has 2 fully saturated rings. The van der Waals surface area contributed by atoms with Crippen LogP contribution in [0.4, 0.5) is 22.4 Å². The molecular weight excluding hydrogens is 522 g/mol. The van der Waals surface area contributed by atoms with Crippen molar-refractivity contribution in [3.63, 3.8) is 0 Å². The first-order valence-corrected chi connectivity index (χ1v) is 13.2. The van der Waals surface area contributed by atoms with Crippen molar-refractivity contribution < 1.29 is 41.8 Å². The van der Waals surface area contributed by atoms with E-state index in [-0.39, 0.29) is 48.9 Å². The van der Waals surface area contributed by atoms with Gasteiger partial charge < -0.3 is 20.1 Å². The number of likely N-dealkylation sites (tertiary alicyclic amines) is 1. The predicted octanol–water partition coefficient (Wildman–Crippen LogP) is 5.23. The van der Waals surface area contributed by atoms with Gasteiger partial charge >= 0.3 is 12.5 Å². The van der Waals surface area contributed by atoms with Crippen LogP contribution in [0, 0.1) is 11.8 Å². The highest BCUT2D eigenvalue weighted by Crippen LogP contribution is 2.36. The van der Waals surface area contributed by atoms with Crippen LogP contribution >= 0.6 is 0 Å². The molecule has 2 N–H and O–H groups in total. The van der Waals surface area contributed by atoms with Crippen LogP contribution in [-0.4, -0.2) is 76.1 Å². The maximum Gasteiger partial charge on any atom is 0.573 e. The Morgan fingerprint density at radius 3 is 2.10 bits per heavy atom. The van der Waals surface area contributed by atoms with Crippen molar-refractivity contribution in [3.8, 4) is 5.75 Å². The van der Waals surface area contributed by atoms with Crippen molar-refractivity contribution in [2.45, 2.75) is 90.0 Å². The van der Waals surface area contributed by atoms with Crippen molar-refractivity contribution in [2.75, 3.05) is 13.1 Å². The number of hydrogen-bond donors (Lipinski definition) is 2. The first-order valence-electron chi connectivity index (χ1n) is 13.2. The molecule has 1 aromatic rings. The van der Waals surface area contributed by atoms with Gasteiger partial charge in [-0.3, -0.25) is 14.5 Å². The molecule has 1 saturated carbocycles. The Labute approximate surface area is 225 Å². The number of nitrogens with zero attached hydrogens (tertiary/aromatic N) is 2. The molecule has 0 unspecified atom stereocenters. The number of hydrogen-bond acceptors (Lipinski definition) is 4. The van der Waals surface area contributed by atoms with E-state index in [0.717, 1.165) is 12.1 Å². The summed E-state index contributed by atoms with van der Waals surface area (Å²) in [6, 6.07) is 3.52. The van der Waals surface area contributed by atoms with E-state index in [0.29, 0.717) is 25.7 Å². The van der Waals surface area contributed by atoms with Crippen LogP contribution in [-0.2, 0) is 4.79 Å². The van der Waals surface area contributed by atoms with Gasteiger partial charge in [0.05, 0.1) is 6.54 Å². The van der Waals surface area contributed by atoms with Gasteiger partial charge in [0, 0.05) is 23.7 Å². The molecule has 12 heteroatoms. The van der Waals surface area contributed by atoms with E-state index in [1.54, 1.807) is 20.8 Å². The van der Waals surface area contributed by atoms with Crippen molar-refractivity contribution in [1.29, 1.82) is 0 Å². The quantitative estimate of drug-likeness (QED) is 0.446. The largest absolute Gasteiger partial charge is 0.573 e. The van der Waals surface area contributed by atoms with Gasteiger partial charge in [0.1, 0.15) is 18.0 Å². The van der Waals surface area contributed by atoms with Gasteiger partial charge in [0.25, 0.3) is 5.91 Å². The monoisotopic (exact) mass is 559 g/mol. The maximum atomic E-state index is 13.9. The second-order valence-corrected chi connectivity index (χ2v) is 11.5. The summed E-state index contributed by atoms with van der Waals surface area (Å²) in [6.45, 7) is 7.25. The molecule has 0 aromatic heterocycles. The molecule has 1 aromatic carbocycles. The van der Waals surface area contributed by atoms with Crippen molar-refractivity contribution in [1.82, 2.24) is 15.1 Å². The standard InChI is InChI=1S/C27H37F4N3O5/c1-16(22(34(25(37)38)26(2,3)4)24(36)33-14-13-19(28)15-33)17-5-9-20(10-6-17)32-23(35)18-7-11-21(12-8-18)39-27(29,30)31/h7-8,11-12,16-17,19-20,22H,5-6,9-10,13-15H2,1-4H3,(H,32,35)(H,37,38)/t16-,17?,19-,20?,22-/m0/s1. The molecule has 3 amide bonds. The molecular formula is C27H37F4N3O5. The van der Waals surface area contributed by atoms with Gasteiger partial charge in [-0.2, -0.15) is 0 Å². The minimum atomic E-state index is -4.82. The summed E-state index contributed by atoms with van der Waals surface area (Å²) >= 11 is 0. The second kappa shape index (κ2) is 12.0. The van der Waals surface area contributed by atoms with Crippen molar-refractivity contribution in [3.05, 3.63) is 29.8 Å². The third-order valence-corrected chi connectivity index (χ3v) is 7.60. The van der Waals surface area contributed by atoms with Gasteiger partial charge in [0.2, 0.25) is 5.91 Å². The Hall–Kier alpha value is -3.05. The fourth-order valence-corrected chi connectivity index (χ4v) is 5.62. The van der Waals surface area contributed by atoms with E-state index in [4.69, 9.17) is 0 Å². The highest BCUT2D eigenvalue weighted by atomic mass is 19.4. The van der Waals surface area contributed by atoms with Crippen LogP contribution in [0.15, 0.2) is 24.3 Å². The van der Waals surface area contributed by atoms with Gasteiger partial charge in [-0.25, -0.2) is 9.18 Å². The Kier molecular flexibility index (Phi) is 9.38. The molecule has 1 aliphatic heterocycles. The molecule has 0 bridgehead atoms. The average Bonchev–Trinajstić information content (AvgIpc) is 3.26. The number of carbonyl (C=O) groups excluding carboxylic acids is 2. The lowest BCUT2D eigenvalue weighted by molar-refractivity contribution is -0.274. The van der Waals surface area contributed by atoms with E-state index in [1.807, 2.05) is 6.92 Å². The number of ether oxygens (including phenoxy) is 1. The number of alkyl halides is 4. The third-order valence-electron chi connectivity index (χ3n) is 7.60. The van der Waals surface area contributed by atoms with Gasteiger partial charge in [-0.15, -0.1) is 13.2 Å². The molecule has 8 nitrogen and oxygen atoms in total. The Balaban J connectivity index is 1.65. The first kappa shape index (κ1) is 30.5. The second-order valence-electron chi connectivity index (χ2n) is 11.5. The highest BCUT2D eigenvalue weighted by Gasteiger charge is 2.46. The number of rotatable bonds is 7. The number of nitrogens with one attached hydrogen (secondary N) is 1. The van der Waals surface area contributed by atoms with E-state index in [2.05, 4.69) is 10.1 Å². The molecule has 0 spiro atoms. The zero-order valence-corrected chi connectivity index (χ0v) is 22.6. The third kappa shape index (κ3) is 7.98. The topological polar surface area (TPSA) is 99.2 Å². The molecule has 218 valence electrons. The number of halogens is 4. The summed E-state index contributed by atoms with van der Waals surface area (Å²) < 4.78 is 54.8. The van der Waals surface area contributed by atoms with Gasteiger partial charge in [-0.1, -0.05) is 6.92 Å². The summed E-state index contributed by atoms with van der Waals surface area (Å²) in [5.41, 5.74) is -0.661. The Morgan fingerprint density at radius 2 is 1.64 bits per heavy atom. The molecule has 2 aliphatic rings. The molecule has 0 radical (unpaired) electrons. The van der Waals surface area contributed by atoms with E-state index < -0.39 is 41.9 Å². The molecule has 3 atom stereocenters. The Bertz CT molecular complexity index is 1020. The predicted molar refractivity (Wildman–Crippen MR) is 135 cm³/mol. The van der Waals surface area contributed by atoms with Crippen LogP contribution in [0.3, 0.4) is 0 Å². The summed E-state index contributed by atoms with van der Waals surface area (Å²) in [4.78, 5) is 41.1. The van der Waals surface area contributed by atoms with Crippen LogP contribution in [0.1, 0.15) is 70.2 Å². The normalized spacial score (nSPS) is 23.6. The molecule has 1 saturated heterocycles. The average molecular weight is 560 g/mol. The molecule has 1 heterocycles. The van der Waals surface area contributed by atoms with E-state index in [9.17, 15) is 37.1 Å². The summed E-state index contributed by atoms with van der Waals surface area (Å²) in [5, 5.41) is 13.0. The van der Waals surface area contributed by atoms with Crippen LogP contribution in [0.25, 0.3) is 0 Å². The number of benzene rings is 1. The minimum Gasteiger partial charge on any atom is -0.465 e. The van der Waals surface area contributed by atoms with Crippen molar-refractivity contribution in [2.24, 2.45) is 11.8 Å². The van der Waals surface area contributed by atoms with E-state index in [1.165, 1.54) is 21.9 Å². The van der Waals surface area contributed by atoms with Crippen LogP contribution < -0.4 is 10.1 Å². The number of amides is 3. The zero-order chi connectivity index (χ0) is 29.1. The van der Waals surface area contributed by atoms with Crippen LogP contribution in [0.2, 0.25) is 0 Å². The fourth-order valence-electron chi connectivity index (χ4n) is 5.62. The molecule has 3 rings (SSSR count). The van der Waals surface area contributed by atoms with Gasteiger partial charge in [0.15, 0.2) is 0 Å². The van der Waals surface area contributed by atoms with Crippen molar-refractivity contribution >= 4 is 17.9 Å². The summed E-state index contributed by atoms with van der Waals surface area (Å²) in [5.74, 6) is -1.56. The molecule has 39 heavy (non-hydrogen) atoms. The number of carboxylic acid groups (broad SMARTS) is 1. The SMILES string of the molecule is C[C@@H](C1CCC(NC(=O)c2ccc(OC(F)(F)F)cc2)CC1)[C@@H](C(=O)N1CC[C@H](F)C1)N(C(=O)O)C(C)(C)C. The fraction of sp³-hybridized carbons (Fsp3) is 0.667. The Morgan fingerprint density at radius 1 is 1.05 bits per heavy atom. The number of carbonyl (C=O) groups is 3. The van der Waals surface area contributed by atoms with Crippen LogP contribution in [0.5, 0.6) is 5.75 Å². The summed E-state index contributed by atoms with van der Waals surface area (Å²) in [6.07, 6.45) is -4.46. The van der Waals surface area contributed by atoms with Gasteiger partial charge in [-0.05, 0) is 89.0 Å².